The fourth-order valence-electron chi connectivity index (χ4n) is 5.30. The second-order valence-electron chi connectivity index (χ2n) is 9.39. The van der Waals surface area contributed by atoms with Crippen LogP contribution in [0.15, 0.2) is 48.7 Å². The van der Waals surface area contributed by atoms with Crippen molar-refractivity contribution in [2.75, 3.05) is 4.90 Å². The second kappa shape index (κ2) is 8.57. The van der Waals surface area contributed by atoms with Crippen molar-refractivity contribution < 1.29 is 32.3 Å². The molecule has 0 bridgehead atoms. The van der Waals surface area contributed by atoms with Crippen molar-refractivity contribution in [1.29, 1.82) is 0 Å². The molecule has 2 aromatic carbocycles. The molecule has 3 heterocycles. The van der Waals surface area contributed by atoms with Gasteiger partial charge in [-0.3, -0.25) is 19.2 Å². The van der Waals surface area contributed by atoms with Crippen LogP contribution in [0.5, 0.6) is 0 Å². The zero-order valence-electron chi connectivity index (χ0n) is 19.8. The summed E-state index contributed by atoms with van der Waals surface area (Å²) in [5.41, 5.74) is 0.309. The number of ketones is 2. The Kier molecular flexibility index (Phi) is 5.41. The topological polar surface area (TPSA) is 102 Å². The van der Waals surface area contributed by atoms with Gasteiger partial charge in [-0.05, 0) is 29.8 Å². The predicted octanol–water partition coefficient (Wildman–Crippen LogP) is 4.32. The first-order valence-electron chi connectivity index (χ1n) is 12.0. The molecule has 0 atom stereocenters. The zero-order valence-corrected chi connectivity index (χ0v) is 19.8. The van der Waals surface area contributed by atoms with Crippen LogP contribution in [0.1, 0.15) is 48.4 Å². The molecule has 2 aromatic heterocycles. The number of carbonyl (C=O) groups is 4. The van der Waals surface area contributed by atoms with Gasteiger partial charge in [-0.2, -0.15) is 13.2 Å². The molecule has 2 amide bonds. The molecule has 0 radical (unpaired) electrons. The van der Waals surface area contributed by atoms with Crippen molar-refractivity contribution >= 4 is 51.1 Å². The Morgan fingerprint density at radius 3 is 2.21 bits per heavy atom. The fourth-order valence-corrected chi connectivity index (χ4v) is 5.30. The van der Waals surface area contributed by atoms with Crippen molar-refractivity contribution in [3.05, 3.63) is 65.5 Å². The van der Waals surface area contributed by atoms with Crippen LogP contribution in [-0.2, 0) is 31.9 Å². The van der Waals surface area contributed by atoms with Gasteiger partial charge in [0, 0.05) is 54.7 Å². The number of hydrogen-bond donors (Lipinski definition) is 0. The Morgan fingerprint density at radius 2 is 1.53 bits per heavy atom. The number of benzene rings is 2. The predicted molar refractivity (Wildman–Crippen MR) is 129 cm³/mol. The standard InChI is InChI=1S/C27H19F3N4O4/c28-27(29,30)16-4-2-1-3-14(16)13-33-12-11-15-18(33)6-5-17-23(15)25(24-19(35)7-8-20(24)36)32-26(31-17)34-21(37)9-10-22(34)38/h1-6,11-12,24H,7-10,13H2. The maximum atomic E-state index is 13.6. The lowest BCUT2D eigenvalue weighted by molar-refractivity contribution is -0.138. The highest BCUT2D eigenvalue weighted by atomic mass is 19.4. The quantitative estimate of drug-likeness (QED) is 0.293. The van der Waals surface area contributed by atoms with Gasteiger partial charge in [0.2, 0.25) is 17.8 Å². The lowest BCUT2D eigenvalue weighted by Crippen LogP contribution is -2.31. The SMILES string of the molecule is O=C1CCC(=O)C1c1nc(N2C(=O)CCC2=O)nc2ccc3c(ccn3Cc3ccccc3C(F)(F)F)c12. The van der Waals surface area contributed by atoms with Crippen LogP contribution in [-0.4, -0.2) is 37.9 Å². The van der Waals surface area contributed by atoms with Gasteiger partial charge in [-0.25, -0.2) is 14.9 Å². The first-order valence-corrected chi connectivity index (χ1v) is 12.0. The molecule has 4 aromatic rings. The molecule has 2 fully saturated rings. The first-order chi connectivity index (χ1) is 18.1. The van der Waals surface area contributed by atoms with E-state index in [9.17, 15) is 32.3 Å². The number of carbonyl (C=O) groups excluding carboxylic acids is 4. The van der Waals surface area contributed by atoms with Crippen molar-refractivity contribution in [3.8, 4) is 0 Å². The van der Waals surface area contributed by atoms with Crippen LogP contribution in [0.2, 0.25) is 0 Å². The number of nitrogens with zero attached hydrogens (tertiary/aromatic N) is 4. The molecule has 2 aliphatic rings. The lowest BCUT2D eigenvalue weighted by Gasteiger charge is -2.17. The van der Waals surface area contributed by atoms with Crippen molar-refractivity contribution in [2.45, 2.75) is 44.3 Å². The van der Waals surface area contributed by atoms with Crippen LogP contribution in [0.3, 0.4) is 0 Å². The van der Waals surface area contributed by atoms with E-state index in [1.54, 1.807) is 29.0 Å². The van der Waals surface area contributed by atoms with E-state index in [0.717, 1.165) is 11.0 Å². The number of anilines is 1. The minimum absolute atomic E-state index is 0.0120. The first kappa shape index (κ1) is 24.0. The van der Waals surface area contributed by atoms with E-state index in [0.29, 0.717) is 21.8 Å². The lowest BCUT2D eigenvalue weighted by atomic mass is 9.96. The third-order valence-corrected chi connectivity index (χ3v) is 7.08. The smallest absolute Gasteiger partial charge is 0.343 e. The molecular weight excluding hydrogens is 501 g/mol. The molecule has 11 heteroatoms. The van der Waals surface area contributed by atoms with Crippen molar-refractivity contribution in [3.63, 3.8) is 0 Å². The van der Waals surface area contributed by atoms with E-state index in [1.165, 1.54) is 18.2 Å². The van der Waals surface area contributed by atoms with Crippen LogP contribution in [0.4, 0.5) is 19.1 Å². The number of imide groups is 1. The van der Waals surface area contributed by atoms with E-state index in [1.807, 2.05) is 0 Å². The number of Topliss-reactive ketones (excluding diaryl/α,β-unsaturated/α-hetero) is 2. The minimum atomic E-state index is -4.52. The Bertz CT molecular complexity index is 1660. The molecule has 0 spiro atoms. The maximum absolute atomic E-state index is 13.6. The summed E-state index contributed by atoms with van der Waals surface area (Å²) in [5, 5.41) is 0.932. The number of halogens is 3. The summed E-state index contributed by atoms with van der Waals surface area (Å²) in [4.78, 5) is 60.0. The van der Waals surface area contributed by atoms with Gasteiger partial charge in [-0.1, -0.05) is 18.2 Å². The van der Waals surface area contributed by atoms with Crippen LogP contribution >= 0.6 is 0 Å². The number of amides is 2. The fraction of sp³-hybridized carbons (Fsp3) is 0.259. The Morgan fingerprint density at radius 1 is 0.842 bits per heavy atom. The number of alkyl halides is 3. The summed E-state index contributed by atoms with van der Waals surface area (Å²) in [5.74, 6) is -2.96. The highest BCUT2D eigenvalue weighted by molar-refractivity contribution is 6.20. The molecule has 0 N–H and O–H groups in total. The average molecular weight is 520 g/mol. The molecule has 6 rings (SSSR count). The number of fused-ring (bicyclic) bond motifs is 3. The van der Waals surface area contributed by atoms with E-state index in [2.05, 4.69) is 9.97 Å². The highest BCUT2D eigenvalue weighted by Crippen LogP contribution is 2.38. The van der Waals surface area contributed by atoms with Gasteiger partial charge in [0.1, 0.15) is 17.5 Å². The molecule has 1 aliphatic heterocycles. The summed E-state index contributed by atoms with van der Waals surface area (Å²) < 4.78 is 42.4. The van der Waals surface area contributed by atoms with Crippen molar-refractivity contribution in [2.24, 2.45) is 0 Å². The van der Waals surface area contributed by atoms with E-state index in [4.69, 9.17) is 0 Å². The molecule has 192 valence electrons. The third kappa shape index (κ3) is 3.77. The largest absolute Gasteiger partial charge is 0.416 e. The summed E-state index contributed by atoms with van der Waals surface area (Å²) in [6.07, 6.45) is -2.76. The van der Waals surface area contributed by atoms with Gasteiger partial charge >= 0.3 is 6.18 Å². The van der Waals surface area contributed by atoms with E-state index >= 15 is 0 Å². The summed E-state index contributed by atoms with van der Waals surface area (Å²) in [6, 6.07) is 10.3. The average Bonchev–Trinajstić information content (AvgIpc) is 3.54. The van der Waals surface area contributed by atoms with E-state index in [-0.39, 0.29) is 61.0 Å². The summed E-state index contributed by atoms with van der Waals surface area (Å²) >= 11 is 0. The zero-order chi connectivity index (χ0) is 26.8. The highest BCUT2D eigenvalue weighted by Gasteiger charge is 2.39. The maximum Gasteiger partial charge on any atom is 0.416 e. The van der Waals surface area contributed by atoms with Crippen molar-refractivity contribution in [1.82, 2.24) is 14.5 Å². The molecule has 8 nitrogen and oxygen atoms in total. The Labute approximate surface area is 213 Å². The van der Waals surface area contributed by atoms with Gasteiger partial charge in [0.05, 0.1) is 16.8 Å². The summed E-state index contributed by atoms with van der Waals surface area (Å²) in [6.45, 7) is -0.0724. The number of aromatic nitrogens is 3. The normalized spacial score (nSPS) is 17.1. The monoisotopic (exact) mass is 520 g/mol. The molecule has 38 heavy (non-hydrogen) atoms. The number of rotatable bonds is 4. The van der Waals surface area contributed by atoms with Gasteiger partial charge in [0.15, 0.2) is 0 Å². The van der Waals surface area contributed by atoms with Crippen LogP contribution < -0.4 is 4.90 Å². The molecular formula is C27H19F3N4O4. The molecule has 1 saturated heterocycles. The van der Waals surface area contributed by atoms with Crippen LogP contribution in [0, 0.1) is 0 Å². The number of hydrogen-bond acceptors (Lipinski definition) is 6. The third-order valence-electron chi connectivity index (χ3n) is 7.08. The minimum Gasteiger partial charge on any atom is -0.343 e. The van der Waals surface area contributed by atoms with Gasteiger partial charge in [0.25, 0.3) is 0 Å². The Hall–Kier alpha value is -4.41. The van der Waals surface area contributed by atoms with Gasteiger partial charge < -0.3 is 4.57 Å². The molecule has 1 aliphatic carbocycles. The Balaban J connectivity index is 1.55. The van der Waals surface area contributed by atoms with E-state index < -0.39 is 29.5 Å². The van der Waals surface area contributed by atoms with Crippen LogP contribution in [0.25, 0.3) is 21.8 Å². The summed E-state index contributed by atoms with van der Waals surface area (Å²) in [7, 11) is 0. The van der Waals surface area contributed by atoms with Gasteiger partial charge in [-0.15, -0.1) is 0 Å². The second-order valence-corrected chi connectivity index (χ2v) is 9.39. The molecule has 0 unspecified atom stereocenters. The molecule has 1 saturated carbocycles.